The Morgan fingerprint density at radius 2 is 2.30 bits per heavy atom. The normalized spacial score (nSPS) is 29.4. The number of ether oxygens (including phenoxy) is 1. The van der Waals surface area contributed by atoms with Gasteiger partial charge in [-0.05, 0) is 44.2 Å². The fraction of sp³-hybridized carbons (Fsp3) is 0.556. The van der Waals surface area contributed by atoms with Crippen molar-refractivity contribution in [2.75, 3.05) is 13.7 Å². The average Bonchev–Trinajstić information content (AvgIpc) is 2.98. The van der Waals surface area contributed by atoms with Crippen LogP contribution < -0.4 is 0 Å². The second kappa shape index (κ2) is 6.21. The summed E-state index contributed by atoms with van der Waals surface area (Å²) >= 11 is 0. The lowest BCUT2D eigenvalue weighted by atomic mass is 9.73. The van der Waals surface area contributed by atoms with E-state index in [1.807, 2.05) is 13.0 Å². The van der Waals surface area contributed by atoms with Crippen molar-refractivity contribution >= 4 is 6.09 Å². The maximum absolute atomic E-state index is 11.9. The van der Waals surface area contributed by atoms with Gasteiger partial charge in [-0.15, -0.1) is 0 Å². The Kier molecular flexibility index (Phi) is 4.27. The molecule has 2 aliphatic rings. The highest BCUT2D eigenvalue weighted by Crippen LogP contribution is 2.42. The third-order valence-corrected chi connectivity index (χ3v) is 4.92. The number of aryl methyl sites for hydroxylation is 1. The quantitative estimate of drug-likeness (QED) is 0.745. The van der Waals surface area contributed by atoms with Gasteiger partial charge in [-0.25, -0.2) is 4.79 Å². The number of amides is 1. The second-order valence-electron chi connectivity index (χ2n) is 6.44. The third-order valence-electron chi connectivity index (χ3n) is 4.92. The molecule has 3 atom stereocenters. The fourth-order valence-electron chi connectivity index (χ4n) is 3.84. The Balaban J connectivity index is 1.83. The van der Waals surface area contributed by atoms with E-state index in [1.165, 1.54) is 7.11 Å². The van der Waals surface area contributed by atoms with Crippen molar-refractivity contribution in [2.45, 2.75) is 44.2 Å². The molecular formula is C18H22N2O3. The van der Waals surface area contributed by atoms with Crippen LogP contribution in [0.3, 0.4) is 0 Å². The van der Waals surface area contributed by atoms with Crippen molar-refractivity contribution < 1.29 is 14.6 Å². The summed E-state index contributed by atoms with van der Waals surface area (Å²) in [5, 5.41) is 11.1. The molecule has 0 aromatic carbocycles. The van der Waals surface area contributed by atoms with Gasteiger partial charge in [-0.1, -0.05) is 11.8 Å². The Bertz CT molecular complexity index is 664. The molecule has 0 bridgehead atoms. The monoisotopic (exact) mass is 314 g/mol. The van der Waals surface area contributed by atoms with Crippen LogP contribution in [0.2, 0.25) is 0 Å². The van der Waals surface area contributed by atoms with Gasteiger partial charge in [0.05, 0.1) is 7.11 Å². The number of aromatic nitrogens is 1. The molecule has 1 saturated carbocycles. The minimum Gasteiger partial charge on any atom is -0.453 e. The first-order valence-corrected chi connectivity index (χ1v) is 8.05. The summed E-state index contributed by atoms with van der Waals surface area (Å²) in [6, 6.07) is 1.98. The van der Waals surface area contributed by atoms with Gasteiger partial charge >= 0.3 is 6.09 Å². The molecule has 5 nitrogen and oxygen atoms in total. The van der Waals surface area contributed by atoms with E-state index in [-0.39, 0.29) is 18.1 Å². The van der Waals surface area contributed by atoms with E-state index in [0.717, 1.165) is 30.4 Å². The molecule has 2 unspecified atom stereocenters. The smallest absolute Gasteiger partial charge is 0.409 e. The second-order valence-corrected chi connectivity index (χ2v) is 6.44. The summed E-state index contributed by atoms with van der Waals surface area (Å²) in [7, 11) is 1.40. The summed E-state index contributed by atoms with van der Waals surface area (Å²) in [6.07, 6.45) is 6.34. The number of nitrogens with zero attached hydrogens (tertiary/aromatic N) is 2. The molecule has 1 aromatic heterocycles. The van der Waals surface area contributed by atoms with Gasteiger partial charge in [0.25, 0.3) is 0 Å². The van der Waals surface area contributed by atoms with Gasteiger partial charge in [-0.3, -0.25) is 4.98 Å². The van der Waals surface area contributed by atoms with Crippen LogP contribution in [0, 0.1) is 24.7 Å². The first kappa shape index (κ1) is 15.8. The number of fused-ring (bicyclic) bond motifs is 1. The maximum Gasteiger partial charge on any atom is 0.409 e. The highest BCUT2D eigenvalue weighted by atomic mass is 16.5. The van der Waals surface area contributed by atoms with Crippen LogP contribution in [0.4, 0.5) is 4.79 Å². The van der Waals surface area contributed by atoms with Crippen LogP contribution in [0.5, 0.6) is 0 Å². The zero-order chi connectivity index (χ0) is 16.4. The van der Waals surface area contributed by atoms with E-state index >= 15 is 0 Å². The molecule has 1 aliphatic carbocycles. The molecule has 2 fully saturated rings. The third kappa shape index (κ3) is 3.04. The van der Waals surface area contributed by atoms with Gasteiger partial charge in [0.1, 0.15) is 5.60 Å². The van der Waals surface area contributed by atoms with Crippen LogP contribution in [-0.2, 0) is 4.74 Å². The number of rotatable bonds is 0. The number of hydrogen-bond donors (Lipinski definition) is 1. The minimum absolute atomic E-state index is 0.0133. The number of hydrogen-bond acceptors (Lipinski definition) is 4. The molecule has 0 radical (unpaired) electrons. The maximum atomic E-state index is 11.9. The highest BCUT2D eigenvalue weighted by molar-refractivity contribution is 5.68. The lowest BCUT2D eigenvalue weighted by Gasteiger charge is -2.39. The van der Waals surface area contributed by atoms with Crippen LogP contribution in [0.15, 0.2) is 18.5 Å². The molecule has 3 rings (SSSR count). The van der Waals surface area contributed by atoms with Crippen molar-refractivity contribution in [3.05, 3.63) is 29.6 Å². The summed E-state index contributed by atoms with van der Waals surface area (Å²) in [4.78, 5) is 17.7. The van der Waals surface area contributed by atoms with Crippen molar-refractivity contribution in [1.82, 2.24) is 9.88 Å². The molecule has 5 heteroatoms. The number of likely N-dealkylation sites (tertiary alicyclic amines) is 1. The van der Waals surface area contributed by atoms with Gasteiger partial charge in [0.2, 0.25) is 0 Å². The molecule has 2 heterocycles. The van der Waals surface area contributed by atoms with E-state index in [4.69, 9.17) is 4.74 Å². The van der Waals surface area contributed by atoms with Crippen molar-refractivity contribution in [3.63, 3.8) is 0 Å². The lowest BCUT2D eigenvalue weighted by Crippen LogP contribution is -2.49. The van der Waals surface area contributed by atoms with E-state index in [9.17, 15) is 9.90 Å². The van der Waals surface area contributed by atoms with Gasteiger partial charge < -0.3 is 14.7 Å². The number of aliphatic hydroxyl groups is 1. The molecule has 23 heavy (non-hydrogen) atoms. The average molecular weight is 314 g/mol. The highest BCUT2D eigenvalue weighted by Gasteiger charge is 2.50. The number of pyridine rings is 1. The van der Waals surface area contributed by atoms with E-state index < -0.39 is 5.60 Å². The SMILES string of the molecule is COC(=O)N1CCC2C1CCC[C@@]2(O)C#Cc1cncc(C)c1. The Labute approximate surface area is 136 Å². The van der Waals surface area contributed by atoms with E-state index in [0.29, 0.717) is 13.0 Å². The fourth-order valence-corrected chi connectivity index (χ4v) is 3.84. The predicted octanol–water partition coefficient (Wildman–Crippen LogP) is 2.11. The zero-order valence-electron chi connectivity index (χ0n) is 13.6. The van der Waals surface area contributed by atoms with Gasteiger partial charge in [-0.2, -0.15) is 0 Å². The summed E-state index contributed by atoms with van der Waals surface area (Å²) < 4.78 is 4.85. The molecule has 1 aromatic rings. The number of carbonyl (C=O) groups excluding carboxylic acids is 1. The molecule has 122 valence electrons. The molecular weight excluding hydrogens is 292 g/mol. The van der Waals surface area contributed by atoms with Gasteiger partial charge in [0.15, 0.2) is 0 Å². The van der Waals surface area contributed by atoms with Crippen LogP contribution in [0.25, 0.3) is 0 Å². The largest absolute Gasteiger partial charge is 0.453 e. The molecule has 1 N–H and O–H groups in total. The van der Waals surface area contributed by atoms with Crippen LogP contribution >= 0.6 is 0 Å². The molecule has 0 spiro atoms. The van der Waals surface area contributed by atoms with Crippen molar-refractivity contribution in [2.24, 2.45) is 5.92 Å². The molecule has 1 saturated heterocycles. The Morgan fingerprint density at radius 3 is 3.04 bits per heavy atom. The Hall–Kier alpha value is -2.06. The first-order valence-electron chi connectivity index (χ1n) is 8.05. The topological polar surface area (TPSA) is 62.7 Å². The standard InChI is InChI=1S/C18H22N2O3/c1-13-10-14(12-19-11-13)5-8-18(22)7-3-4-16-15(18)6-9-20(16)17(21)23-2/h10-12,15-16,22H,3-4,6-7,9H2,1-2H3/t15?,16?,18-/m1/s1. The van der Waals surface area contributed by atoms with Crippen LogP contribution in [0.1, 0.15) is 36.8 Å². The van der Waals surface area contributed by atoms with Gasteiger partial charge in [0, 0.05) is 36.5 Å². The molecule has 1 aliphatic heterocycles. The zero-order valence-corrected chi connectivity index (χ0v) is 13.6. The minimum atomic E-state index is -1.05. The predicted molar refractivity (Wildman–Crippen MR) is 85.7 cm³/mol. The number of carbonyl (C=O) groups is 1. The summed E-state index contributed by atoms with van der Waals surface area (Å²) in [5.41, 5.74) is 0.807. The lowest BCUT2D eigenvalue weighted by molar-refractivity contribution is -0.0136. The van der Waals surface area contributed by atoms with Crippen LogP contribution in [-0.4, -0.2) is 46.4 Å². The first-order chi connectivity index (χ1) is 11.0. The Morgan fingerprint density at radius 1 is 1.48 bits per heavy atom. The van der Waals surface area contributed by atoms with E-state index in [2.05, 4.69) is 16.8 Å². The van der Waals surface area contributed by atoms with Crippen molar-refractivity contribution in [3.8, 4) is 11.8 Å². The summed E-state index contributed by atoms with van der Waals surface area (Å²) in [5.74, 6) is 6.13. The molecule has 1 amide bonds. The number of methoxy groups -OCH3 is 1. The van der Waals surface area contributed by atoms with Crippen molar-refractivity contribution in [1.29, 1.82) is 0 Å². The van der Waals surface area contributed by atoms with E-state index in [1.54, 1.807) is 17.3 Å². The summed E-state index contributed by atoms with van der Waals surface area (Å²) in [6.45, 7) is 2.59.